The van der Waals surface area contributed by atoms with Crippen molar-refractivity contribution in [3.05, 3.63) is 355 Å². The Morgan fingerprint density at radius 3 is 1.06 bits per heavy atom. The van der Waals surface area contributed by atoms with Crippen molar-refractivity contribution in [1.82, 2.24) is 4.98 Å². The van der Waals surface area contributed by atoms with E-state index < -0.39 is 0 Å². The molecule has 0 aliphatic heterocycles. The molecule has 0 aliphatic rings. The number of fused-ring (bicyclic) bond motifs is 2. The van der Waals surface area contributed by atoms with Crippen LogP contribution in [0.4, 0.5) is 28.4 Å². The number of pyridine rings is 1. The molecular formula is C79H77Br2Cl3N6O5Ti5. The summed E-state index contributed by atoms with van der Waals surface area (Å²) in [5, 5.41) is 51.6. The summed E-state index contributed by atoms with van der Waals surface area (Å²) in [6.45, 7) is 3.88. The second-order valence-electron chi connectivity index (χ2n) is 18.8. The molecule has 0 atom stereocenters. The maximum absolute atomic E-state index is 9.78. The molecule has 21 heteroatoms. The fraction of sp³-hybridized carbons (Fsp3) is 0.0253. The van der Waals surface area contributed by atoms with Crippen LogP contribution in [0.1, 0.15) is 38.9 Å². The number of phenols is 5. The van der Waals surface area contributed by atoms with E-state index >= 15 is 0 Å². The van der Waals surface area contributed by atoms with Crippen molar-refractivity contribution in [2.45, 2.75) is 13.8 Å². The molecule has 508 valence electrons. The zero-order chi connectivity index (χ0) is 69.4. The van der Waals surface area contributed by atoms with Gasteiger partial charge in [0.15, 0.2) is 0 Å². The summed E-state index contributed by atoms with van der Waals surface area (Å²) in [5.41, 5.74) is 10.8. The average molecular weight is 1700 g/mol. The molecule has 11 aromatic carbocycles. The zero-order valence-corrected chi connectivity index (χ0v) is 69.5. The van der Waals surface area contributed by atoms with E-state index in [4.69, 9.17) is 0 Å². The van der Waals surface area contributed by atoms with Crippen LogP contribution >= 0.6 is 54.2 Å². The minimum atomic E-state index is 0. The van der Waals surface area contributed by atoms with Crippen LogP contribution in [0.25, 0.3) is 21.7 Å². The van der Waals surface area contributed by atoms with Gasteiger partial charge in [0.1, 0.15) is 28.7 Å². The Hall–Kier alpha value is -6.16. The summed E-state index contributed by atoms with van der Waals surface area (Å²) in [4.78, 5) is 26.1. The van der Waals surface area contributed by atoms with Gasteiger partial charge in [-0.1, -0.05) is 170 Å². The summed E-state index contributed by atoms with van der Waals surface area (Å²) >= 11 is 13.9. The number of aliphatic imine (C=N–C) groups is 5. The van der Waals surface area contributed by atoms with Crippen LogP contribution in [0.3, 0.4) is 0 Å². The number of aromatic nitrogens is 1. The molecule has 0 fully saturated rings. The molecular weight excluding hydrogens is 1620 g/mol. The minimum absolute atomic E-state index is 0. The maximum atomic E-state index is 9.78. The Bertz CT molecular complexity index is 4110. The van der Waals surface area contributed by atoms with Crippen LogP contribution in [0.5, 0.6) is 28.7 Å². The van der Waals surface area contributed by atoms with Crippen molar-refractivity contribution < 1.29 is 120 Å². The number of aryl methyl sites for hydroxylation is 2. The fourth-order valence-electron chi connectivity index (χ4n) is 8.13. The Balaban J connectivity index is -0.00000113. The molecule has 12 aromatic rings. The van der Waals surface area contributed by atoms with Crippen molar-refractivity contribution in [3.63, 3.8) is 0 Å². The molecule has 1 heterocycles. The van der Waals surface area contributed by atoms with E-state index in [9.17, 15) is 25.5 Å². The number of nitrogens with zero attached hydrogens (tertiary/aromatic N) is 6. The SMILES string of the molecule is Cc1cccc(C=Nc2ccccc2)c1O.Cc1ccccc1N=Cc1ccccc1O.Oc1ccccc1C=Nc1cccc2ccccc12.Oc1ccccc1C=Nc1cccc2cccnc12.Oc1ccccc1C=Nc1ccccc1.[CH3-].[CH3-].[CH3-].[CH3-].[CH3-].[Cl][Ti+].[Cl][Ti+].[Cl][Ti+].[Ti+][Br].[Ti+][Br]. The average Bonchev–Trinajstić information content (AvgIpc) is 0.837. The van der Waals surface area contributed by atoms with Crippen LogP contribution in [-0.4, -0.2) is 61.6 Å². The number of benzene rings is 11. The Labute approximate surface area is 675 Å². The molecule has 0 radical (unpaired) electrons. The molecule has 0 bridgehead atoms. The first kappa shape index (κ1) is 98.0. The monoisotopic (exact) mass is 1690 g/mol. The molecule has 0 aliphatic carbocycles. The Kier molecular flexibility index (Phi) is 59.2. The predicted octanol–water partition coefficient (Wildman–Crippen LogP) is 24.0. The van der Waals surface area contributed by atoms with E-state index in [-0.39, 0.29) is 60.1 Å². The number of phenolic OH excluding ortho intramolecular Hbond substituents is 5. The predicted molar refractivity (Wildman–Crippen MR) is 419 cm³/mol. The molecule has 5 N–H and O–H groups in total. The molecule has 11 nitrogen and oxygen atoms in total. The van der Waals surface area contributed by atoms with Gasteiger partial charge in [0.25, 0.3) is 0 Å². The number of hydrogen-bond acceptors (Lipinski definition) is 11. The fourth-order valence-corrected chi connectivity index (χ4v) is 8.13. The molecule has 0 amide bonds. The first-order valence-electron chi connectivity index (χ1n) is 28.1. The van der Waals surface area contributed by atoms with Gasteiger partial charge < -0.3 is 62.7 Å². The summed E-state index contributed by atoms with van der Waals surface area (Å²) in [7, 11) is 13.9. The Morgan fingerprint density at radius 2 is 0.600 bits per heavy atom. The van der Waals surface area contributed by atoms with Crippen molar-refractivity contribution in [3.8, 4) is 28.7 Å². The summed E-state index contributed by atoms with van der Waals surface area (Å²) in [6, 6.07) is 85.2. The van der Waals surface area contributed by atoms with Gasteiger partial charge in [0.05, 0.1) is 34.0 Å². The molecule has 100 heavy (non-hydrogen) atoms. The Morgan fingerprint density at radius 1 is 0.300 bits per heavy atom. The molecule has 0 unspecified atom stereocenters. The third-order valence-electron chi connectivity index (χ3n) is 12.8. The van der Waals surface area contributed by atoms with Crippen molar-refractivity contribution >= 4 is 135 Å². The van der Waals surface area contributed by atoms with Crippen LogP contribution in [0.2, 0.25) is 0 Å². The quantitative estimate of drug-likeness (QED) is 0.0517. The van der Waals surface area contributed by atoms with Gasteiger partial charge in [-0.15, -0.1) is 0 Å². The second kappa shape index (κ2) is 60.4. The molecule has 0 spiro atoms. The topological polar surface area (TPSA) is 176 Å². The molecule has 0 saturated heterocycles. The van der Waals surface area contributed by atoms with E-state index in [2.05, 4.69) is 96.3 Å². The van der Waals surface area contributed by atoms with E-state index in [0.29, 0.717) is 11.3 Å². The van der Waals surface area contributed by atoms with E-state index in [1.165, 1.54) is 58.1 Å². The summed E-state index contributed by atoms with van der Waals surface area (Å²) < 4.78 is 0. The van der Waals surface area contributed by atoms with Crippen LogP contribution in [0.15, 0.2) is 304 Å². The molecule has 0 saturated carbocycles. The first-order valence-corrected chi connectivity index (χ1v) is 42.3. The number of rotatable bonds is 10. The third-order valence-corrected chi connectivity index (χ3v) is 12.8. The van der Waals surface area contributed by atoms with Crippen molar-refractivity contribution in [2.75, 3.05) is 0 Å². The number of hydrogen-bond donors (Lipinski definition) is 5. The third kappa shape index (κ3) is 35.6. The standard InChI is InChI=1S/C17H13NO.C16H12N2O.2C14H13NO.C13H11NO.5CH3.2BrH.3ClH.5Ti/c19-17-11-4-2-7-14(17)12-18-16-10-5-8-13-6-1-3-9-15(13)16;19-15-9-2-1-5-13(15)11-18-14-8-3-6-12-7-4-10-17-16(12)14;1-11-6-2-4-8-13(11)15-10-12-7-3-5-9-14(12)16;1-11-6-5-7-12(14(11)16)10-15-13-8-3-2-4-9-13;15-13-9-5-4-6-11(13)10-14-12-7-2-1-3-8-12;;;;;;;;;;;;;;;/h1-12,19H;1-11,19H;2*2-10,16H,1H3;1-10,15H;5*1H3;5*1H;;;;;/q;;;;;5*-1;;;;;;5*+2/p-5. The molecule has 1 aromatic heterocycles. The first-order chi connectivity index (χ1) is 46.6. The van der Waals surface area contributed by atoms with Gasteiger partial charge in [-0.2, -0.15) is 0 Å². The van der Waals surface area contributed by atoms with Crippen LogP contribution in [-0.2, 0) is 94.8 Å². The number of para-hydroxylation sites is 9. The van der Waals surface area contributed by atoms with Gasteiger partial charge >= 0.3 is 149 Å². The van der Waals surface area contributed by atoms with Gasteiger partial charge in [-0.05, 0) is 133 Å². The zero-order valence-electron chi connectivity index (χ0n) is 56.3. The van der Waals surface area contributed by atoms with Gasteiger partial charge in [0.2, 0.25) is 0 Å². The van der Waals surface area contributed by atoms with E-state index in [1.54, 1.807) is 85.8 Å². The van der Waals surface area contributed by atoms with Gasteiger partial charge in [0, 0.05) is 75.9 Å². The van der Waals surface area contributed by atoms with Crippen LogP contribution < -0.4 is 0 Å². The number of halogens is 5. The normalized spacial score (nSPS) is 9.50. The van der Waals surface area contributed by atoms with Gasteiger partial charge in [-0.25, -0.2) is 0 Å². The van der Waals surface area contributed by atoms with Crippen molar-refractivity contribution in [2.24, 2.45) is 25.0 Å². The second-order valence-corrected chi connectivity index (χ2v) is 18.8. The van der Waals surface area contributed by atoms with E-state index in [0.717, 1.165) is 83.5 Å². The molecule has 12 rings (SSSR count). The number of aromatic hydroxyl groups is 5. The van der Waals surface area contributed by atoms with Crippen LogP contribution in [0, 0.1) is 51.0 Å². The van der Waals surface area contributed by atoms with E-state index in [1.807, 2.05) is 263 Å². The summed E-state index contributed by atoms with van der Waals surface area (Å²) in [5.74, 6) is 1.25. The van der Waals surface area contributed by atoms with Crippen molar-refractivity contribution in [1.29, 1.82) is 0 Å². The summed E-state index contributed by atoms with van der Waals surface area (Å²) in [6.07, 6.45) is 10.1. The van der Waals surface area contributed by atoms with Gasteiger partial charge in [-0.3, -0.25) is 29.9 Å².